The summed E-state index contributed by atoms with van der Waals surface area (Å²) in [6.45, 7) is 7.59. The average molecular weight is 242 g/mol. The van der Waals surface area contributed by atoms with Gasteiger partial charge in [-0.3, -0.25) is 4.79 Å². The molecule has 0 aromatic carbocycles. The third-order valence-electron chi connectivity index (χ3n) is 2.98. The number of carbonyl (C=O) groups excluding carboxylic acids is 1. The van der Waals surface area contributed by atoms with Crippen molar-refractivity contribution < 1.29 is 9.90 Å². The Morgan fingerprint density at radius 3 is 2.82 bits per heavy atom. The Bertz CT molecular complexity index is 248. The van der Waals surface area contributed by atoms with E-state index in [-0.39, 0.29) is 23.5 Å². The van der Waals surface area contributed by atoms with E-state index in [0.717, 1.165) is 32.2 Å². The van der Waals surface area contributed by atoms with Gasteiger partial charge in [0.1, 0.15) is 0 Å². The summed E-state index contributed by atoms with van der Waals surface area (Å²) in [6, 6.07) is -0.132. The summed E-state index contributed by atoms with van der Waals surface area (Å²) in [5.74, 6) is 0.0745. The lowest BCUT2D eigenvalue weighted by atomic mass is 9.89. The standard InChI is InChI=1S/C13H26N2O2/c1-13(2,3)8-10(16)9-15-11-6-4-5-7-14-12(11)17/h10-11,15-16H,4-9H2,1-3H3,(H,14,17). The van der Waals surface area contributed by atoms with Crippen LogP contribution in [0.25, 0.3) is 0 Å². The maximum absolute atomic E-state index is 11.7. The molecule has 4 nitrogen and oxygen atoms in total. The van der Waals surface area contributed by atoms with Gasteiger partial charge >= 0.3 is 0 Å². The van der Waals surface area contributed by atoms with E-state index in [9.17, 15) is 9.90 Å². The zero-order chi connectivity index (χ0) is 12.9. The van der Waals surface area contributed by atoms with Crippen LogP contribution in [0.4, 0.5) is 0 Å². The molecule has 1 heterocycles. The molecule has 0 saturated carbocycles. The molecule has 1 aliphatic rings. The molecule has 0 spiro atoms. The molecule has 1 aliphatic heterocycles. The quantitative estimate of drug-likeness (QED) is 0.690. The van der Waals surface area contributed by atoms with Crippen LogP contribution in [0.3, 0.4) is 0 Å². The molecular weight excluding hydrogens is 216 g/mol. The predicted molar refractivity (Wildman–Crippen MR) is 68.7 cm³/mol. The van der Waals surface area contributed by atoms with Gasteiger partial charge in [0.2, 0.25) is 5.91 Å². The molecule has 2 atom stereocenters. The van der Waals surface area contributed by atoms with E-state index >= 15 is 0 Å². The molecule has 1 saturated heterocycles. The molecule has 2 unspecified atom stereocenters. The Kier molecular flexibility index (Phi) is 5.40. The van der Waals surface area contributed by atoms with Gasteiger partial charge in [0.25, 0.3) is 0 Å². The first kappa shape index (κ1) is 14.5. The molecular formula is C13H26N2O2. The Morgan fingerprint density at radius 2 is 2.18 bits per heavy atom. The Labute approximate surface area is 104 Å². The largest absolute Gasteiger partial charge is 0.392 e. The van der Waals surface area contributed by atoms with Crippen LogP contribution in [-0.4, -0.2) is 36.2 Å². The van der Waals surface area contributed by atoms with Crippen LogP contribution < -0.4 is 10.6 Å². The number of nitrogens with one attached hydrogen (secondary N) is 2. The Balaban J connectivity index is 2.31. The number of rotatable bonds is 4. The number of aliphatic hydroxyl groups is 1. The van der Waals surface area contributed by atoms with Crippen molar-refractivity contribution in [2.24, 2.45) is 5.41 Å². The van der Waals surface area contributed by atoms with Gasteiger partial charge in [-0.15, -0.1) is 0 Å². The molecule has 0 aromatic heterocycles. The fourth-order valence-electron chi connectivity index (χ4n) is 2.19. The summed E-state index contributed by atoms with van der Waals surface area (Å²) >= 11 is 0. The van der Waals surface area contributed by atoms with Gasteiger partial charge in [-0.1, -0.05) is 20.8 Å². The van der Waals surface area contributed by atoms with Crippen molar-refractivity contribution in [1.82, 2.24) is 10.6 Å². The van der Waals surface area contributed by atoms with Gasteiger partial charge < -0.3 is 15.7 Å². The number of amides is 1. The van der Waals surface area contributed by atoms with Crippen molar-refractivity contribution in [2.45, 2.75) is 58.6 Å². The van der Waals surface area contributed by atoms with Gasteiger partial charge in [0, 0.05) is 13.1 Å². The lowest BCUT2D eigenvalue weighted by Crippen LogP contribution is -2.45. The highest BCUT2D eigenvalue weighted by Gasteiger charge is 2.22. The van der Waals surface area contributed by atoms with Gasteiger partial charge in [0.05, 0.1) is 12.1 Å². The number of aliphatic hydroxyl groups excluding tert-OH is 1. The minimum Gasteiger partial charge on any atom is -0.392 e. The summed E-state index contributed by atoms with van der Waals surface area (Å²) in [6.07, 6.45) is 3.34. The second-order valence-electron chi connectivity index (χ2n) is 6.17. The number of carbonyl (C=O) groups is 1. The molecule has 1 rings (SSSR count). The van der Waals surface area contributed by atoms with Crippen LogP contribution in [0, 0.1) is 5.41 Å². The van der Waals surface area contributed by atoms with Crippen molar-refractivity contribution in [3.05, 3.63) is 0 Å². The summed E-state index contributed by atoms with van der Waals surface area (Å²) in [7, 11) is 0. The minimum absolute atomic E-state index is 0.0745. The Hall–Kier alpha value is -0.610. The molecule has 1 amide bonds. The lowest BCUT2D eigenvalue weighted by molar-refractivity contribution is -0.122. The first-order valence-electron chi connectivity index (χ1n) is 6.58. The number of hydrogen-bond acceptors (Lipinski definition) is 3. The molecule has 4 heteroatoms. The highest BCUT2D eigenvalue weighted by Crippen LogP contribution is 2.20. The second kappa shape index (κ2) is 6.36. The van der Waals surface area contributed by atoms with Crippen molar-refractivity contribution >= 4 is 5.91 Å². The van der Waals surface area contributed by atoms with E-state index in [1.165, 1.54) is 0 Å². The summed E-state index contributed by atoms with van der Waals surface area (Å²) < 4.78 is 0. The predicted octanol–water partition coefficient (Wildman–Crippen LogP) is 1.04. The molecule has 0 bridgehead atoms. The van der Waals surface area contributed by atoms with Crippen molar-refractivity contribution in [2.75, 3.05) is 13.1 Å². The molecule has 100 valence electrons. The topological polar surface area (TPSA) is 61.4 Å². The van der Waals surface area contributed by atoms with Crippen molar-refractivity contribution in [3.8, 4) is 0 Å². The molecule has 17 heavy (non-hydrogen) atoms. The van der Waals surface area contributed by atoms with Crippen LogP contribution in [-0.2, 0) is 4.79 Å². The van der Waals surface area contributed by atoms with E-state index in [1.807, 2.05) is 0 Å². The zero-order valence-corrected chi connectivity index (χ0v) is 11.3. The van der Waals surface area contributed by atoms with E-state index in [2.05, 4.69) is 31.4 Å². The fraction of sp³-hybridized carbons (Fsp3) is 0.923. The Morgan fingerprint density at radius 1 is 1.47 bits per heavy atom. The summed E-state index contributed by atoms with van der Waals surface area (Å²) in [5, 5.41) is 15.9. The SMILES string of the molecule is CC(C)(C)CC(O)CNC1CCCCNC1=O. The fourth-order valence-corrected chi connectivity index (χ4v) is 2.19. The molecule has 1 fully saturated rings. The summed E-state index contributed by atoms with van der Waals surface area (Å²) in [5.41, 5.74) is 0.118. The molecule has 3 N–H and O–H groups in total. The lowest BCUT2D eigenvalue weighted by Gasteiger charge is -2.24. The second-order valence-corrected chi connectivity index (χ2v) is 6.17. The minimum atomic E-state index is -0.383. The first-order chi connectivity index (χ1) is 7.88. The smallest absolute Gasteiger partial charge is 0.237 e. The van der Waals surface area contributed by atoms with E-state index in [4.69, 9.17) is 0 Å². The van der Waals surface area contributed by atoms with Crippen molar-refractivity contribution in [1.29, 1.82) is 0 Å². The van der Waals surface area contributed by atoms with Crippen LogP contribution in [0.15, 0.2) is 0 Å². The van der Waals surface area contributed by atoms with Gasteiger partial charge in [-0.2, -0.15) is 0 Å². The third-order valence-corrected chi connectivity index (χ3v) is 2.98. The maximum atomic E-state index is 11.7. The van der Waals surface area contributed by atoms with Crippen molar-refractivity contribution in [3.63, 3.8) is 0 Å². The van der Waals surface area contributed by atoms with Gasteiger partial charge in [0.15, 0.2) is 0 Å². The molecule has 0 radical (unpaired) electrons. The van der Waals surface area contributed by atoms with E-state index in [0.29, 0.717) is 6.54 Å². The first-order valence-corrected chi connectivity index (χ1v) is 6.58. The van der Waals surface area contributed by atoms with E-state index < -0.39 is 0 Å². The highest BCUT2D eigenvalue weighted by atomic mass is 16.3. The number of hydrogen-bond donors (Lipinski definition) is 3. The van der Waals surface area contributed by atoms with Crippen LogP contribution in [0.2, 0.25) is 0 Å². The van der Waals surface area contributed by atoms with Gasteiger partial charge in [-0.05, 0) is 31.1 Å². The average Bonchev–Trinajstić information content (AvgIpc) is 2.37. The monoisotopic (exact) mass is 242 g/mol. The third kappa shape index (κ3) is 6.03. The summed E-state index contributed by atoms with van der Waals surface area (Å²) in [4.78, 5) is 11.7. The van der Waals surface area contributed by atoms with E-state index in [1.54, 1.807) is 0 Å². The van der Waals surface area contributed by atoms with Crippen LogP contribution in [0.1, 0.15) is 46.5 Å². The van der Waals surface area contributed by atoms with Crippen LogP contribution >= 0.6 is 0 Å². The normalized spacial score (nSPS) is 24.0. The van der Waals surface area contributed by atoms with Crippen LogP contribution in [0.5, 0.6) is 0 Å². The zero-order valence-electron chi connectivity index (χ0n) is 11.3. The molecule has 0 aliphatic carbocycles. The molecule has 0 aromatic rings. The van der Waals surface area contributed by atoms with Gasteiger partial charge in [-0.25, -0.2) is 0 Å². The highest BCUT2D eigenvalue weighted by molar-refractivity contribution is 5.81. The maximum Gasteiger partial charge on any atom is 0.237 e.